The van der Waals surface area contributed by atoms with Gasteiger partial charge in [0.25, 0.3) is 0 Å². The van der Waals surface area contributed by atoms with E-state index in [2.05, 4.69) is 25.3 Å². The largest absolute Gasteiger partial charge is 0.311 e. The number of halogens is 2. The number of anilines is 2. The van der Waals surface area contributed by atoms with Crippen molar-refractivity contribution in [3.63, 3.8) is 0 Å². The minimum atomic E-state index is -3.77. The minimum absolute atomic E-state index is 0.200. The van der Waals surface area contributed by atoms with Crippen molar-refractivity contribution in [2.75, 3.05) is 15.8 Å². The third-order valence-corrected chi connectivity index (χ3v) is 5.37. The predicted molar refractivity (Wildman–Crippen MR) is 107 cm³/mol. The number of hydrogen-bond donors (Lipinski definition) is 2. The van der Waals surface area contributed by atoms with Gasteiger partial charge in [0, 0.05) is 18.7 Å². The molecule has 0 saturated heterocycles. The molecule has 2 aromatic heterocycles. The standard InChI is InChI=1S/C18H18F2N6O3S/c1-3-8-30(28,29)24-14-6-5-13(19)18(17(14)20)26-10-15(23-25-26)12-4-7-16(21-9-12)22-11(2)27/h4-7,9-10,24H,3,8H2,1-2H3,(H,21,22,27). The average molecular weight is 436 g/mol. The van der Waals surface area contributed by atoms with E-state index in [0.29, 0.717) is 17.8 Å². The molecule has 9 nitrogen and oxygen atoms in total. The molecular formula is C18H18F2N6O3S. The molecule has 158 valence electrons. The molecule has 0 fully saturated rings. The number of carbonyl (C=O) groups excluding carboxylic acids is 1. The monoisotopic (exact) mass is 436 g/mol. The van der Waals surface area contributed by atoms with Gasteiger partial charge in [-0.2, -0.15) is 0 Å². The van der Waals surface area contributed by atoms with Crippen LogP contribution in [0.1, 0.15) is 20.3 Å². The maximum atomic E-state index is 14.9. The number of amides is 1. The van der Waals surface area contributed by atoms with Gasteiger partial charge >= 0.3 is 0 Å². The highest BCUT2D eigenvalue weighted by molar-refractivity contribution is 7.92. The van der Waals surface area contributed by atoms with Crippen molar-refractivity contribution in [1.29, 1.82) is 0 Å². The number of rotatable bonds is 7. The number of nitrogens with zero attached hydrogens (tertiary/aromatic N) is 4. The number of hydrogen-bond acceptors (Lipinski definition) is 6. The fourth-order valence-electron chi connectivity index (χ4n) is 2.62. The van der Waals surface area contributed by atoms with Gasteiger partial charge in [-0.05, 0) is 30.7 Å². The number of benzene rings is 1. The van der Waals surface area contributed by atoms with E-state index in [0.717, 1.165) is 16.8 Å². The first-order valence-corrected chi connectivity index (χ1v) is 10.5. The van der Waals surface area contributed by atoms with Crippen molar-refractivity contribution >= 4 is 27.4 Å². The van der Waals surface area contributed by atoms with Gasteiger partial charge in [-0.3, -0.25) is 9.52 Å². The predicted octanol–water partition coefficient (Wildman–Crippen LogP) is 2.72. The molecule has 0 aliphatic carbocycles. The third-order valence-electron chi connectivity index (χ3n) is 3.89. The van der Waals surface area contributed by atoms with E-state index in [9.17, 15) is 22.0 Å². The molecule has 2 N–H and O–H groups in total. The summed E-state index contributed by atoms with van der Waals surface area (Å²) in [5.41, 5.74) is -0.199. The van der Waals surface area contributed by atoms with Crippen molar-refractivity contribution in [1.82, 2.24) is 20.0 Å². The van der Waals surface area contributed by atoms with E-state index in [1.54, 1.807) is 19.1 Å². The molecule has 3 aromatic rings. The number of nitrogens with one attached hydrogen (secondary N) is 2. The van der Waals surface area contributed by atoms with Crippen molar-refractivity contribution in [3.05, 3.63) is 48.3 Å². The minimum Gasteiger partial charge on any atom is -0.311 e. The first-order chi connectivity index (χ1) is 14.2. The van der Waals surface area contributed by atoms with E-state index in [1.165, 1.54) is 19.3 Å². The van der Waals surface area contributed by atoms with Crippen LogP contribution in [-0.4, -0.2) is 40.1 Å². The molecule has 1 aromatic carbocycles. The lowest BCUT2D eigenvalue weighted by Crippen LogP contribution is -2.18. The lowest BCUT2D eigenvalue weighted by atomic mass is 10.2. The zero-order valence-corrected chi connectivity index (χ0v) is 16.9. The van der Waals surface area contributed by atoms with Crippen molar-refractivity contribution < 1.29 is 22.0 Å². The van der Waals surface area contributed by atoms with Gasteiger partial charge < -0.3 is 5.32 Å². The van der Waals surface area contributed by atoms with Crippen LogP contribution in [0.2, 0.25) is 0 Å². The van der Waals surface area contributed by atoms with Crippen LogP contribution in [0.3, 0.4) is 0 Å². The number of pyridine rings is 1. The summed E-state index contributed by atoms with van der Waals surface area (Å²) in [5, 5.41) is 10.1. The topological polar surface area (TPSA) is 119 Å². The fraction of sp³-hybridized carbons (Fsp3) is 0.222. The first-order valence-electron chi connectivity index (χ1n) is 8.85. The normalized spacial score (nSPS) is 11.3. The quantitative estimate of drug-likeness (QED) is 0.588. The molecule has 0 saturated carbocycles. The zero-order valence-electron chi connectivity index (χ0n) is 16.1. The summed E-state index contributed by atoms with van der Waals surface area (Å²) >= 11 is 0. The third kappa shape index (κ3) is 4.76. The van der Waals surface area contributed by atoms with Crippen LogP contribution in [-0.2, 0) is 14.8 Å². The number of carbonyl (C=O) groups is 1. The van der Waals surface area contributed by atoms with Crippen molar-refractivity contribution in [3.8, 4) is 16.9 Å². The maximum Gasteiger partial charge on any atom is 0.232 e. The van der Waals surface area contributed by atoms with E-state index in [1.807, 2.05) is 0 Å². The SMILES string of the molecule is CCCS(=O)(=O)Nc1ccc(F)c(-n2cc(-c3ccc(NC(C)=O)nc3)nn2)c1F. The molecule has 12 heteroatoms. The van der Waals surface area contributed by atoms with Crippen LogP contribution in [0, 0.1) is 11.6 Å². The average Bonchev–Trinajstić information content (AvgIpc) is 3.14. The van der Waals surface area contributed by atoms with E-state index >= 15 is 0 Å². The molecule has 0 aliphatic rings. The Labute approximate surface area is 171 Å². The first kappa shape index (κ1) is 21.3. The second kappa shape index (κ2) is 8.53. The fourth-order valence-corrected chi connectivity index (χ4v) is 3.75. The summed E-state index contributed by atoms with van der Waals surface area (Å²) in [6.45, 7) is 3.01. The summed E-state index contributed by atoms with van der Waals surface area (Å²) in [6, 6.07) is 5.09. The van der Waals surface area contributed by atoms with Crippen LogP contribution in [0.4, 0.5) is 20.3 Å². The molecule has 0 radical (unpaired) electrons. The van der Waals surface area contributed by atoms with Crippen LogP contribution < -0.4 is 10.0 Å². The lowest BCUT2D eigenvalue weighted by Gasteiger charge is -2.11. The number of sulfonamides is 1. The second-order valence-electron chi connectivity index (χ2n) is 6.34. The second-order valence-corrected chi connectivity index (χ2v) is 8.18. The zero-order chi connectivity index (χ0) is 21.9. The van der Waals surface area contributed by atoms with E-state index < -0.39 is 33.0 Å². The van der Waals surface area contributed by atoms with Crippen LogP contribution in [0.15, 0.2) is 36.7 Å². The number of aromatic nitrogens is 4. The Morgan fingerprint density at radius 2 is 1.97 bits per heavy atom. The van der Waals surface area contributed by atoms with Gasteiger partial charge in [-0.25, -0.2) is 26.9 Å². The molecule has 30 heavy (non-hydrogen) atoms. The highest BCUT2D eigenvalue weighted by Gasteiger charge is 2.20. The smallest absolute Gasteiger partial charge is 0.232 e. The molecule has 2 heterocycles. The van der Waals surface area contributed by atoms with Crippen molar-refractivity contribution in [2.24, 2.45) is 0 Å². The van der Waals surface area contributed by atoms with Crippen LogP contribution >= 0.6 is 0 Å². The highest BCUT2D eigenvalue weighted by atomic mass is 32.2. The maximum absolute atomic E-state index is 14.9. The van der Waals surface area contributed by atoms with Gasteiger partial charge in [0.1, 0.15) is 17.2 Å². The summed E-state index contributed by atoms with van der Waals surface area (Å²) in [5.74, 6) is -2.20. The Bertz CT molecular complexity index is 1180. The Balaban J connectivity index is 1.93. The van der Waals surface area contributed by atoms with Gasteiger partial charge in [-0.1, -0.05) is 12.1 Å². The van der Waals surface area contributed by atoms with Crippen molar-refractivity contribution in [2.45, 2.75) is 20.3 Å². The van der Waals surface area contributed by atoms with Crippen LogP contribution in [0.5, 0.6) is 0 Å². The Morgan fingerprint density at radius 1 is 1.20 bits per heavy atom. The summed E-state index contributed by atoms with van der Waals surface area (Å²) < 4.78 is 56.0. The molecule has 0 atom stereocenters. The van der Waals surface area contributed by atoms with Gasteiger partial charge in [-0.15, -0.1) is 5.10 Å². The summed E-state index contributed by atoms with van der Waals surface area (Å²) in [6.07, 6.45) is 3.04. The summed E-state index contributed by atoms with van der Waals surface area (Å²) in [7, 11) is -3.77. The highest BCUT2D eigenvalue weighted by Crippen LogP contribution is 2.26. The molecular weight excluding hydrogens is 418 g/mol. The Morgan fingerprint density at radius 3 is 2.60 bits per heavy atom. The molecule has 1 amide bonds. The van der Waals surface area contributed by atoms with E-state index in [4.69, 9.17) is 0 Å². The Hall–Kier alpha value is -3.41. The van der Waals surface area contributed by atoms with Gasteiger partial charge in [0.05, 0.1) is 17.6 Å². The van der Waals surface area contributed by atoms with E-state index in [-0.39, 0.29) is 17.4 Å². The molecule has 0 bridgehead atoms. The summed E-state index contributed by atoms with van der Waals surface area (Å²) in [4.78, 5) is 15.1. The molecule has 0 unspecified atom stereocenters. The molecule has 3 rings (SSSR count). The molecule has 0 spiro atoms. The molecule has 0 aliphatic heterocycles. The Kier molecular flexibility index (Phi) is 6.06. The van der Waals surface area contributed by atoms with Gasteiger partial charge in [0.2, 0.25) is 15.9 Å². The lowest BCUT2D eigenvalue weighted by molar-refractivity contribution is -0.114. The van der Waals surface area contributed by atoms with Crippen LogP contribution in [0.25, 0.3) is 16.9 Å². The van der Waals surface area contributed by atoms with Gasteiger partial charge in [0.15, 0.2) is 11.6 Å².